The second-order valence-corrected chi connectivity index (χ2v) is 4.89. The van der Waals surface area contributed by atoms with Crippen molar-refractivity contribution in [3.8, 4) is 0 Å². The van der Waals surface area contributed by atoms with Gasteiger partial charge in [0.1, 0.15) is 0 Å². The minimum absolute atomic E-state index is 0.707. The molecule has 1 aliphatic heterocycles. The van der Waals surface area contributed by atoms with E-state index in [0.717, 1.165) is 0 Å². The maximum atomic E-state index is 3.30. The summed E-state index contributed by atoms with van der Waals surface area (Å²) >= 11 is 0. The first-order valence-electron chi connectivity index (χ1n) is 6.09. The summed E-state index contributed by atoms with van der Waals surface area (Å²) in [4.78, 5) is 5.74. The SMILES string of the molecule is CN1CCC[C@H](c2cccc3[nH]ccc23)C1. The molecule has 1 aromatic heterocycles. The summed E-state index contributed by atoms with van der Waals surface area (Å²) in [6.07, 6.45) is 4.69. The van der Waals surface area contributed by atoms with Crippen LogP contribution in [0.15, 0.2) is 30.5 Å². The molecule has 2 nitrogen and oxygen atoms in total. The first-order chi connectivity index (χ1) is 7.84. The molecule has 0 unspecified atom stereocenters. The lowest BCUT2D eigenvalue weighted by molar-refractivity contribution is 0.251. The predicted octanol–water partition coefficient (Wildman–Crippen LogP) is 2.98. The summed E-state index contributed by atoms with van der Waals surface area (Å²) in [5.41, 5.74) is 2.79. The number of aromatic nitrogens is 1. The molecule has 16 heavy (non-hydrogen) atoms. The van der Waals surface area contributed by atoms with Crippen LogP contribution >= 0.6 is 0 Å². The van der Waals surface area contributed by atoms with Gasteiger partial charge < -0.3 is 9.88 Å². The van der Waals surface area contributed by atoms with E-state index in [2.05, 4.69) is 41.2 Å². The van der Waals surface area contributed by atoms with E-state index in [1.165, 1.54) is 42.4 Å². The topological polar surface area (TPSA) is 19.0 Å². The highest BCUT2D eigenvalue weighted by Gasteiger charge is 2.20. The fourth-order valence-corrected chi connectivity index (χ4v) is 2.89. The van der Waals surface area contributed by atoms with Crippen LogP contribution in [-0.4, -0.2) is 30.0 Å². The zero-order valence-corrected chi connectivity index (χ0v) is 9.74. The van der Waals surface area contributed by atoms with Gasteiger partial charge in [-0.3, -0.25) is 0 Å². The summed E-state index contributed by atoms with van der Waals surface area (Å²) in [6, 6.07) is 8.83. The van der Waals surface area contributed by atoms with E-state index >= 15 is 0 Å². The number of hydrogen-bond acceptors (Lipinski definition) is 1. The fraction of sp³-hybridized carbons (Fsp3) is 0.429. The molecule has 1 aliphatic rings. The number of H-pyrrole nitrogens is 1. The Bertz CT molecular complexity index is 486. The van der Waals surface area contributed by atoms with Gasteiger partial charge in [-0.15, -0.1) is 0 Å². The van der Waals surface area contributed by atoms with Gasteiger partial charge in [0.15, 0.2) is 0 Å². The number of piperidine rings is 1. The molecule has 1 aromatic carbocycles. The molecule has 1 atom stereocenters. The van der Waals surface area contributed by atoms with E-state index < -0.39 is 0 Å². The van der Waals surface area contributed by atoms with Crippen molar-refractivity contribution in [2.45, 2.75) is 18.8 Å². The molecule has 0 saturated carbocycles. The largest absolute Gasteiger partial charge is 0.361 e. The summed E-state index contributed by atoms with van der Waals surface area (Å²) < 4.78 is 0. The van der Waals surface area contributed by atoms with Crippen molar-refractivity contribution in [2.24, 2.45) is 0 Å². The summed E-state index contributed by atoms with van der Waals surface area (Å²) in [5, 5.41) is 1.41. The minimum atomic E-state index is 0.707. The van der Waals surface area contributed by atoms with Gasteiger partial charge in [-0.1, -0.05) is 12.1 Å². The molecular formula is C14H18N2. The minimum Gasteiger partial charge on any atom is -0.361 e. The molecule has 0 bridgehead atoms. The molecule has 2 heteroatoms. The summed E-state index contributed by atoms with van der Waals surface area (Å²) in [5.74, 6) is 0.707. The number of likely N-dealkylation sites (tertiary alicyclic amines) is 1. The number of likely N-dealkylation sites (N-methyl/N-ethyl adjacent to an activating group) is 1. The van der Waals surface area contributed by atoms with Crippen LogP contribution in [0.3, 0.4) is 0 Å². The number of rotatable bonds is 1. The van der Waals surface area contributed by atoms with E-state index in [1.807, 2.05) is 6.20 Å². The van der Waals surface area contributed by atoms with Crippen molar-refractivity contribution in [3.63, 3.8) is 0 Å². The Balaban J connectivity index is 2.01. The lowest BCUT2D eigenvalue weighted by atomic mass is 9.89. The van der Waals surface area contributed by atoms with Crippen LogP contribution < -0.4 is 0 Å². The lowest BCUT2D eigenvalue weighted by Gasteiger charge is -2.30. The van der Waals surface area contributed by atoms with Crippen LogP contribution in [0.1, 0.15) is 24.3 Å². The first-order valence-corrected chi connectivity index (χ1v) is 6.09. The van der Waals surface area contributed by atoms with Gasteiger partial charge in [0.2, 0.25) is 0 Å². The second kappa shape index (κ2) is 3.95. The number of nitrogens with one attached hydrogen (secondary N) is 1. The molecule has 3 rings (SSSR count). The van der Waals surface area contributed by atoms with Gasteiger partial charge in [-0.05, 0) is 50.0 Å². The Hall–Kier alpha value is -1.28. The molecule has 0 amide bonds. The van der Waals surface area contributed by atoms with Crippen molar-refractivity contribution in [1.29, 1.82) is 0 Å². The van der Waals surface area contributed by atoms with Crippen molar-refractivity contribution in [1.82, 2.24) is 9.88 Å². The van der Waals surface area contributed by atoms with Crippen LogP contribution in [-0.2, 0) is 0 Å². The quantitative estimate of drug-likeness (QED) is 0.773. The molecular weight excluding hydrogens is 196 g/mol. The Morgan fingerprint density at radius 2 is 2.25 bits per heavy atom. The third-order valence-corrected chi connectivity index (χ3v) is 3.69. The third kappa shape index (κ3) is 1.63. The maximum absolute atomic E-state index is 3.30. The smallest absolute Gasteiger partial charge is 0.0456 e. The van der Waals surface area contributed by atoms with Gasteiger partial charge in [0.05, 0.1) is 0 Å². The summed E-state index contributed by atoms with van der Waals surface area (Å²) in [7, 11) is 2.23. The Kier molecular flexibility index (Phi) is 2.44. The van der Waals surface area contributed by atoms with E-state index in [-0.39, 0.29) is 0 Å². The molecule has 84 valence electrons. The van der Waals surface area contributed by atoms with E-state index in [1.54, 1.807) is 0 Å². The van der Waals surface area contributed by atoms with Gasteiger partial charge in [0.25, 0.3) is 0 Å². The highest BCUT2D eigenvalue weighted by molar-refractivity contribution is 5.83. The van der Waals surface area contributed by atoms with E-state index in [4.69, 9.17) is 0 Å². The molecule has 0 spiro atoms. The van der Waals surface area contributed by atoms with Crippen LogP contribution in [0, 0.1) is 0 Å². The summed E-state index contributed by atoms with van der Waals surface area (Å²) in [6.45, 7) is 2.45. The standard InChI is InChI=1S/C14H18N2/c1-16-9-3-4-11(10-16)12-5-2-6-14-13(12)7-8-15-14/h2,5-8,11,15H,3-4,9-10H2,1H3/t11-/m0/s1. The average molecular weight is 214 g/mol. The van der Waals surface area contributed by atoms with Crippen LogP contribution in [0.5, 0.6) is 0 Å². The number of fused-ring (bicyclic) bond motifs is 1. The first kappa shape index (κ1) is 9.91. The maximum Gasteiger partial charge on any atom is 0.0456 e. The monoisotopic (exact) mass is 214 g/mol. The van der Waals surface area contributed by atoms with E-state index in [0.29, 0.717) is 5.92 Å². The average Bonchev–Trinajstić information content (AvgIpc) is 2.76. The third-order valence-electron chi connectivity index (χ3n) is 3.69. The number of nitrogens with zero attached hydrogens (tertiary/aromatic N) is 1. The Morgan fingerprint density at radius 1 is 1.31 bits per heavy atom. The lowest BCUT2D eigenvalue weighted by Crippen LogP contribution is -2.30. The highest BCUT2D eigenvalue weighted by atomic mass is 15.1. The molecule has 1 fully saturated rings. The van der Waals surface area contributed by atoms with Crippen molar-refractivity contribution in [2.75, 3.05) is 20.1 Å². The predicted molar refractivity (Wildman–Crippen MR) is 67.8 cm³/mol. The van der Waals surface area contributed by atoms with Crippen molar-refractivity contribution >= 4 is 10.9 Å². The highest BCUT2D eigenvalue weighted by Crippen LogP contribution is 2.31. The fourth-order valence-electron chi connectivity index (χ4n) is 2.89. The zero-order valence-electron chi connectivity index (χ0n) is 9.74. The van der Waals surface area contributed by atoms with Crippen molar-refractivity contribution < 1.29 is 0 Å². The number of benzene rings is 1. The van der Waals surface area contributed by atoms with Crippen LogP contribution in [0.2, 0.25) is 0 Å². The number of aromatic amines is 1. The van der Waals surface area contributed by atoms with Gasteiger partial charge in [-0.2, -0.15) is 0 Å². The molecule has 0 radical (unpaired) electrons. The Labute approximate surface area is 96.3 Å². The molecule has 1 saturated heterocycles. The molecule has 2 heterocycles. The molecule has 2 aromatic rings. The molecule has 0 aliphatic carbocycles. The normalized spacial score (nSPS) is 22.7. The Morgan fingerprint density at radius 3 is 3.12 bits per heavy atom. The van der Waals surface area contributed by atoms with Gasteiger partial charge in [-0.25, -0.2) is 0 Å². The van der Waals surface area contributed by atoms with E-state index in [9.17, 15) is 0 Å². The zero-order chi connectivity index (χ0) is 11.0. The van der Waals surface area contributed by atoms with Gasteiger partial charge >= 0.3 is 0 Å². The molecule has 1 N–H and O–H groups in total. The van der Waals surface area contributed by atoms with Crippen LogP contribution in [0.4, 0.5) is 0 Å². The number of hydrogen-bond donors (Lipinski definition) is 1. The second-order valence-electron chi connectivity index (χ2n) is 4.89. The van der Waals surface area contributed by atoms with Crippen LogP contribution in [0.25, 0.3) is 10.9 Å². The van der Waals surface area contributed by atoms with Gasteiger partial charge in [0, 0.05) is 23.6 Å². The van der Waals surface area contributed by atoms with Crippen molar-refractivity contribution in [3.05, 3.63) is 36.0 Å².